The summed E-state index contributed by atoms with van der Waals surface area (Å²) in [5, 5.41) is 0.0206. The number of halogens is 3. The lowest BCUT2D eigenvalue weighted by atomic mass is 10.3. The number of nitrogens with zero attached hydrogens (tertiary/aromatic N) is 2. The second kappa shape index (κ2) is 5.06. The zero-order valence-corrected chi connectivity index (χ0v) is 10.7. The van der Waals surface area contributed by atoms with E-state index in [4.69, 9.17) is 11.6 Å². The van der Waals surface area contributed by atoms with E-state index in [1.54, 1.807) is 0 Å². The number of aromatic nitrogens is 2. The van der Waals surface area contributed by atoms with Gasteiger partial charge in [-0.3, -0.25) is 0 Å². The quantitative estimate of drug-likeness (QED) is 0.883. The Labute approximate surface area is 112 Å². The summed E-state index contributed by atoms with van der Waals surface area (Å²) in [6, 6.07) is 3.44. The molecule has 9 heteroatoms. The Morgan fingerprint density at radius 1 is 1.21 bits per heavy atom. The van der Waals surface area contributed by atoms with Gasteiger partial charge >= 0.3 is 0 Å². The van der Waals surface area contributed by atoms with Crippen LogP contribution in [0.3, 0.4) is 0 Å². The van der Waals surface area contributed by atoms with E-state index in [0.29, 0.717) is 6.07 Å². The monoisotopic (exact) mass is 305 g/mol. The molecule has 0 saturated heterocycles. The fourth-order valence-electron chi connectivity index (χ4n) is 1.25. The van der Waals surface area contributed by atoms with E-state index >= 15 is 0 Å². The molecule has 100 valence electrons. The van der Waals surface area contributed by atoms with Crippen molar-refractivity contribution in [3.63, 3.8) is 0 Å². The van der Waals surface area contributed by atoms with Crippen LogP contribution in [0.5, 0.6) is 0 Å². The van der Waals surface area contributed by atoms with Crippen LogP contribution in [0.15, 0.2) is 35.4 Å². The molecule has 1 N–H and O–H groups in total. The van der Waals surface area contributed by atoms with Crippen LogP contribution in [-0.2, 0) is 10.0 Å². The van der Waals surface area contributed by atoms with Crippen LogP contribution in [-0.4, -0.2) is 18.4 Å². The molecule has 1 aromatic heterocycles. The zero-order chi connectivity index (χ0) is 14.0. The maximum Gasteiger partial charge on any atom is 0.267 e. The lowest BCUT2D eigenvalue weighted by Gasteiger charge is -2.07. The van der Waals surface area contributed by atoms with Gasteiger partial charge < -0.3 is 0 Å². The van der Waals surface area contributed by atoms with Gasteiger partial charge in [0.05, 0.1) is 0 Å². The summed E-state index contributed by atoms with van der Waals surface area (Å²) in [5.41, 5.74) is 0. The first-order valence-corrected chi connectivity index (χ1v) is 6.71. The summed E-state index contributed by atoms with van der Waals surface area (Å²) in [4.78, 5) is 6.50. The van der Waals surface area contributed by atoms with Crippen molar-refractivity contribution in [2.75, 3.05) is 4.72 Å². The van der Waals surface area contributed by atoms with Crippen LogP contribution in [0.25, 0.3) is 0 Å². The van der Waals surface area contributed by atoms with Gasteiger partial charge in [0.25, 0.3) is 10.0 Å². The van der Waals surface area contributed by atoms with E-state index in [-0.39, 0.29) is 11.1 Å². The minimum Gasteiger partial charge on any atom is -0.247 e. The molecule has 5 nitrogen and oxygen atoms in total. The van der Waals surface area contributed by atoms with Crippen LogP contribution in [0.1, 0.15) is 0 Å². The molecule has 0 fully saturated rings. The minimum atomic E-state index is -4.25. The first-order valence-electron chi connectivity index (χ1n) is 4.85. The van der Waals surface area contributed by atoms with Crippen molar-refractivity contribution in [1.29, 1.82) is 0 Å². The van der Waals surface area contributed by atoms with Crippen molar-refractivity contribution >= 4 is 27.6 Å². The Morgan fingerprint density at radius 2 is 1.95 bits per heavy atom. The van der Waals surface area contributed by atoms with Gasteiger partial charge in [-0.25, -0.2) is 31.9 Å². The molecule has 0 saturated carbocycles. The number of hydrogen-bond acceptors (Lipinski definition) is 4. The first-order chi connectivity index (χ1) is 8.88. The summed E-state index contributed by atoms with van der Waals surface area (Å²) in [5.74, 6) is -2.40. The summed E-state index contributed by atoms with van der Waals surface area (Å²) >= 11 is 5.56. The Morgan fingerprint density at radius 3 is 2.58 bits per heavy atom. The van der Waals surface area contributed by atoms with E-state index in [1.807, 2.05) is 4.72 Å². The van der Waals surface area contributed by atoms with Crippen LogP contribution in [0.4, 0.5) is 14.7 Å². The Bertz CT molecular complexity index is 724. The lowest BCUT2D eigenvalue weighted by molar-refractivity contribution is 0.551. The second-order valence-electron chi connectivity index (χ2n) is 3.38. The van der Waals surface area contributed by atoms with E-state index in [0.717, 1.165) is 12.1 Å². The van der Waals surface area contributed by atoms with Crippen molar-refractivity contribution in [1.82, 2.24) is 9.97 Å². The van der Waals surface area contributed by atoms with Crippen LogP contribution in [0, 0.1) is 11.6 Å². The topological polar surface area (TPSA) is 72.0 Å². The Hall–Kier alpha value is -1.80. The molecule has 0 aliphatic heterocycles. The number of nitrogens with one attached hydrogen (secondary N) is 1. The van der Waals surface area contributed by atoms with Gasteiger partial charge in [-0.05, 0) is 18.2 Å². The molecule has 0 aliphatic carbocycles. The highest BCUT2D eigenvalue weighted by Crippen LogP contribution is 2.18. The molecule has 0 spiro atoms. The molecule has 1 heterocycles. The van der Waals surface area contributed by atoms with Gasteiger partial charge in [0.15, 0.2) is 0 Å². The molecule has 0 unspecified atom stereocenters. The molecule has 0 radical (unpaired) electrons. The molecule has 0 amide bonds. The summed E-state index contributed by atoms with van der Waals surface area (Å²) < 4.78 is 51.8. The largest absolute Gasteiger partial charge is 0.267 e. The fraction of sp³-hybridized carbons (Fsp3) is 0. The van der Waals surface area contributed by atoms with Gasteiger partial charge in [0, 0.05) is 12.3 Å². The highest BCUT2D eigenvalue weighted by Gasteiger charge is 2.20. The number of hydrogen-bond donors (Lipinski definition) is 1. The third-order valence-corrected chi connectivity index (χ3v) is 3.60. The predicted molar refractivity (Wildman–Crippen MR) is 64.2 cm³/mol. The third-order valence-electron chi connectivity index (χ3n) is 2.03. The maximum absolute atomic E-state index is 13.4. The van der Waals surface area contributed by atoms with Gasteiger partial charge in [-0.2, -0.15) is 0 Å². The van der Waals surface area contributed by atoms with Crippen molar-refractivity contribution < 1.29 is 17.2 Å². The number of sulfonamides is 1. The van der Waals surface area contributed by atoms with E-state index in [2.05, 4.69) is 9.97 Å². The SMILES string of the molecule is O=S(=O)(Nc1nccc(Cl)n1)c1ccc(F)cc1F. The van der Waals surface area contributed by atoms with Gasteiger partial charge in [0.1, 0.15) is 21.7 Å². The Kier molecular flexibility index (Phi) is 3.63. The molecule has 2 aromatic rings. The summed E-state index contributed by atoms with van der Waals surface area (Å²) in [7, 11) is -4.25. The summed E-state index contributed by atoms with van der Waals surface area (Å²) in [6.45, 7) is 0. The molecule has 0 atom stereocenters. The van der Waals surface area contributed by atoms with E-state index < -0.39 is 26.6 Å². The average molecular weight is 306 g/mol. The van der Waals surface area contributed by atoms with Crippen molar-refractivity contribution in [3.05, 3.63) is 47.2 Å². The molecule has 0 bridgehead atoms. The molecule has 0 aliphatic rings. The molecular formula is C10H6ClF2N3O2S. The van der Waals surface area contributed by atoms with Crippen molar-refractivity contribution in [2.24, 2.45) is 0 Å². The van der Waals surface area contributed by atoms with Gasteiger partial charge in [-0.1, -0.05) is 11.6 Å². The minimum absolute atomic E-state index is 0.0206. The number of rotatable bonds is 3. The van der Waals surface area contributed by atoms with Gasteiger partial charge in [-0.15, -0.1) is 0 Å². The third kappa shape index (κ3) is 3.15. The maximum atomic E-state index is 13.4. The summed E-state index contributed by atoms with van der Waals surface area (Å²) in [6.07, 6.45) is 1.23. The average Bonchev–Trinajstić information content (AvgIpc) is 2.27. The molecule has 19 heavy (non-hydrogen) atoms. The smallest absolute Gasteiger partial charge is 0.247 e. The van der Waals surface area contributed by atoms with Crippen LogP contribution in [0.2, 0.25) is 5.15 Å². The van der Waals surface area contributed by atoms with Crippen LogP contribution >= 0.6 is 11.6 Å². The Balaban J connectivity index is 2.38. The van der Waals surface area contributed by atoms with Crippen LogP contribution < -0.4 is 4.72 Å². The normalized spacial score (nSPS) is 11.3. The zero-order valence-electron chi connectivity index (χ0n) is 9.14. The number of anilines is 1. The van der Waals surface area contributed by atoms with Crippen molar-refractivity contribution in [3.8, 4) is 0 Å². The van der Waals surface area contributed by atoms with Crippen molar-refractivity contribution in [2.45, 2.75) is 4.90 Å². The highest BCUT2D eigenvalue weighted by atomic mass is 35.5. The highest BCUT2D eigenvalue weighted by molar-refractivity contribution is 7.92. The fourth-order valence-corrected chi connectivity index (χ4v) is 2.40. The molecular weight excluding hydrogens is 300 g/mol. The molecule has 1 aromatic carbocycles. The second-order valence-corrected chi connectivity index (χ2v) is 5.42. The standard InChI is InChI=1S/C10H6ClF2N3O2S/c11-9-3-4-14-10(15-9)16-19(17,18)8-2-1-6(12)5-7(8)13/h1-5H,(H,14,15,16). The lowest BCUT2D eigenvalue weighted by Crippen LogP contribution is -2.16. The van der Waals surface area contributed by atoms with E-state index in [1.165, 1.54) is 12.3 Å². The number of benzene rings is 1. The molecule has 2 rings (SSSR count). The van der Waals surface area contributed by atoms with E-state index in [9.17, 15) is 17.2 Å². The van der Waals surface area contributed by atoms with Gasteiger partial charge in [0.2, 0.25) is 5.95 Å². The first kappa shape index (κ1) is 13.6. The predicted octanol–water partition coefficient (Wildman–Crippen LogP) is 2.21.